The summed E-state index contributed by atoms with van der Waals surface area (Å²) in [6.07, 6.45) is 1.61. The van der Waals surface area contributed by atoms with Crippen molar-refractivity contribution in [2.75, 3.05) is 23.4 Å². The van der Waals surface area contributed by atoms with Crippen molar-refractivity contribution in [1.29, 1.82) is 0 Å². The Morgan fingerprint density at radius 1 is 1.19 bits per heavy atom. The molecule has 11 heteroatoms. The molecule has 1 aliphatic heterocycles. The molecule has 1 N–H and O–H groups in total. The zero-order valence-electron chi connectivity index (χ0n) is 17.3. The minimum absolute atomic E-state index is 0.215. The van der Waals surface area contributed by atoms with E-state index in [9.17, 15) is 26.4 Å². The molecular formula is C20H23F3N4O3S. The van der Waals surface area contributed by atoms with Gasteiger partial charge in [-0.1, -0.05) is 0 Å². The molecule has 0 spiro atoms. The number of carbonyl (C=O) groups excluding carboxylic acids is 1. The Morgan fingerprint density at radius 3 is 2.42 bits per heavy atom. The van der Waals surface area contributed by atoms with Gasteiger partial charge < -0.3 is 10.2 Å². The predicted molar refractivity (Wildman–Crippen MR) is 110 cm³/mol. The molecule has 168 valence electrons. The van der Waals surface area contributed by atoms with E-state index in [2.05, 4.69) is 15.2 Å². The van der Waals surface area contributed by atoms with E-state index in [1.165, 1.54) is 19.1 Å². The number of nitrogens with one attached hydrogen (secondary N) is 1. The van der Waals surface area contributed by atoms with Crippen molar-refractivity contribution in [3.8, 4) is 0 Å². The van der Waals surface area contributed by atoms with Gasteiger partial charge in [0, 0.05) is 37.4 Å². The average molecular weight is 456 g/mol. The first-order valence-corrected chi connectivity index (χ1v) is 10.9. The van der Waals surface area contributed by atoms with E-state index in [1.54, 1.807) is 12.3 Å². The van der Waals surface area contributed by atoms with Gasteiger partial charge >= 0.3 is 5.51 Å². The monoisotopic (exact) mass is 456 g/mol. The fourth-order valence-corrected chi connectivity index (χ4v) is 4.22. The van der Waals surface area contributed by atoms with Crippen molar-refractivity contribution in [3.63, 3.8) is 0 Å². The van der Waals surface area contributed by atoms with Gasteiger partial charge in [-0.2, -0.15) is 13.2 Å². The molecule has 1 aliphatic rings. The highest BCUT2D eigenvalue weighted by atomic mass is 32.2. The van der Waals surface area contributed by atoms with Gasteiger partial charge in [-0.3, -0.25) is 9.69 Å². The van der Waals surface area contributed by atoms with E-state index in [0.717, 1.165) is 17.7 Å². The van der Waals surface area contributed by atoms with E-state index < -0.39 is 20.2 Å². The first-order chi connectivity index (χ1) is 14.3. The number of pyridine rings is 1. The normalized spacial score (nSPS) is 17.0. The number of amides is 1. The molecule has 0 atom stereocenters. The molecule has 0 bridgehead atoms. The van der Waals surface area contributed by atoms with Crippen molar-refractivity contribution in [2.24, 2.45) is 0 Å². The Morgan fingerprint density at radius 2 is 1.84 bits per heavy atom. The summed E-state index contributed by atoms with van der Waals surface area (Å²) in [4.78, 5) is 18.7. The maximum atomic E-state index is 12.7. The van der Waals surface area contributed by atoms with E-state index in [0.29, 0.717) is 31.3 Å². The second-order valence-corrected chi connectivity index (χ2v) is 9.96. The van der Waals surface area contributed by atoms with Crippen LogP contribution in [0.5, 0.6) is 0 Å². The summed E-state index contributed by atoms with van der Waals surface area (Å²) in [5, 5.41) is 2.65. The van der Waals surface area contributed by atoms with E-state index >= 15 is 0 Å². The number of carbonyl (C=O) groups is 1. The number of hydrogen-bond donors (Lipinski definition) is 1. The van der Waals surface area contributed by atoms with Crippen LogP contribution in [0.1, 0.15) is 26.3 Å². The Bertz CT molecular complexity index is 1070. The second kappa shape index (κ2) is 8.12. The molecule has 2 heterocycles. The Hall–Kier alpha value is -2.66. The summed E-state index contributed by atoms with van der Waals surface area (Å²) in [7, 11) is -5.37. The van der Waals surface area contributed by atoms with Gasteiger partial charge in [-0.15, -0.1) is 0 Å². The van der Waals surface area contributed by atoms with Crippen LogP contribution in [0.2, 0.25) is 0 Å². The maximum absolute atomic E-state index is 12.7. The van der Waals surface area contributed by atoms with Crippen molar-refractivity contribution < 1.29 is 26.4 Å². The number of halogens is 3. The van der Waals surface area contributed by atoms with Gasteiger partial charge in [0.25, 0.3) is 9.84 Å². The van der Waals surface area contributed by atoms with Crippen molar-refractivity contribution in [3.05, 3.63) is 48.2 Å². The van der Waals surface area contributed by atoms with Crippen LogP contribution < -0.4 is 10.2 Å². The second-order valence-electron chi connectivity index (χ2n) is 8.02. The summed E-state index contributed by atoms with van der Waals surface area (Å²) in [5.74, 6) is 0.244. The summed E-state index contributed by atoms with van der Waals surface area (Å²) >= 11 is 0. The average Bonchev–Trinajstić information content (AvgIpc) is 2.95. The van der Waals surface area contributed by atoms with Crippen LogP contribution in [0.15, 0.2) is 47.5 Å². The smallest absolute Gasteiger partial charge is 0.357 e. The first-order valence-electron chi connectivity index (χ1n) is 9.43. The van der Waals surface area contributed by atoms with E-state index in [1.807, 2.05) is 24.8 Å². The fourth-order valence-electron chi connectivity index (χ4n) is 3.46. The largest absolute Gasteiger partial charge is 0.501 e. The van der Waals surface area contributed by atoms with E-state index in [4.69, 9.17) is 0 Å². The van der Waals surface area contributed by atoms with Gasteiger partial charge in [-0.05, 0) is 55.8 Å². The van der Waals surface area contributed by atoms with Crippen LogP contribution in [0, 0.1) is 0 Å². The summed E-state index contributed by atoms with van der Waals surface area (Å²) in [6.45, 7) is 7.16. The molecule has 0 radical (unpaired) electrons. The summed E-state index contributed by atoms with van der Waals surface area (Å²) < 4.78 is 61.4. The van der Waals surface area contributed by atoms with Gasteiger partial charge in [0.15, 0.2) is 0 Å². The topological polar surface area (TPSA) is 82.6 Å². The summed E-state index contributed by atoms with van der Waals surface area (Å²) in [6, 6.07) is 8.38. The SMILES string of the molecule is CC(=O)Nc1cc(CN2CN(c3ccc(S(=O)(=O)C(F)(F)F)cc3)CC2(C)C)ccn1. The fraction of sp³-hybridized carbons (Fsp3) is 0.400. The van der Waals surface area contributed by atoms with Crippen LogP contribution >= 0.6 is 0 Å². The highest BCUT2D eigenvalue weighted by molar-refractivity contribution is 7.92. The Balaban J connectivity index is 1.76. The molecule has 1 fully saturated rings. The first kappa shape index (κ1) is 23.0. The third-order valence-corrected chi connectivity index (χ3v) is 6.60. The quantitative estimate of drug-likeness (QED) is 0.743. The van der Waals surface area contributed by atoms with Crippen LogP contribution in [0.25, 0.3) is 0 Å². The molecule has 1 saturated heterocycles. The lowest BCUT2D eigenvalue weighted by molar-refractivity contribution is -0.114. The number of alkyl halides is 3. The number of aromatic nitrogens is 1. The Kier molecular flexibility index (Phi) is 6.03. The molecule has 2 aromatic rings. The number of sulfone groups is 1. The number of anilines is 2. The molecule has 1 amide bonds. The van der Waals surface area contributed by atoms with Gasteiger partial charge in [0.2, 0.25) is 5.91 Å². The number of rotatable bonds is 5. The van der Waals surface area contributed by atoms with Crippen LogP contribution in [0.4, 0.5) is 24.7 Å². The lowest BCUT2D eigenvalue weighted by atomic mass is 10.0. The highest BCUT2D eigenvalue weighted by Gasteiger charge is 2.47. The van der Waals surface area contributed by atoms with Gasteiger partial charge in [-0.25, -0.2) is 13.4 Å². The highest BCUT2D eigenvalue weighted by Crippen LogP contribution is 2.33. The molecule has 31 heavy (non-hydrogen) atoms. The molecule has 0 saturated carbocycles. The van der Waals surface area contributed by atoms with Crippen LogP contribution in [-0.4, -0.2) is 48.5 Å². The molecule has 0 unspecified atom stereocenters. The third-order valence-electron chi connectivity index (χ3n) is 5.09. The lowest BCUT2D eigenvalue weighted by Gasteiger charge is -2.29. The standard InChI is InChI=1S/C20H23F3N4O3S/c1-14(28)25-18-10-15(8-9-24-18)11-27-13-26(12-19(27,2)3)16-4-6-17(7-5-16)31(29,30)20(21,22)23/h4-10H,11-13H2,1-3H3,(H,24,25,28). The number of nitrogens with zero attached hydrogens (tertiary/aromatic N) is 3. The zero-order chi connectivity index (χ0) is 23.0. The van der Waals surface area contributed by atoms with Crippen molar-refractivity contribution >= 4 is 27.2 Å². The van der Waals surface area contributed by atoms with Crippen LogP contribution in [-0.2, 0) is 21.2 Å². The molecule has 0 aliphatic carbocycles. The molecule has 1 aromatic carbocycles. The minimum atomic E-state index is -5.37. The summed E-state index contributed by atoms with van der Waals surface area (Å²) in [5.41, 5.74) is -4.01. The molecule has 3 rings (SSSR count). The zero-order valence-corrected chi connectivity index (χ0v) is 18.1. The number of benzene rings is 1. The van der Waals surface area contributed by atoms with Gasteiger partial charge in [0.05, 0.1) is 11.6 Å². The molecular weight excluding hydrogens is 433 g/mol. The lowest BCUT2D eigenvalue weighted by Crippen LogP contribution is -2.39. The Labute approximate surface area is 178 Å². The van der Waals surface area contributed by atoms with Crippen LogP contribution in [0.3, 0.4) is 0 Å². The number of hydrogen-bond acceptors (Lipinski definition) is 6. The predicted octanol–water partition coefficient (Wildman–Crippen LogP) is 3.39. The minimum Gasteiger partial charge on any atom is -0.357 e. The van der Waals surface area contributed by atoms with Crippen molar-refractivity contribution in [1.82, 2.24) is 9.88 Å². The van der Waals surface area contributed by atoms with E-state index in [-0.39, 0.29) is 11.4 Å². The molecule has 1 aromatic heterocycles. The third kappa shape index (κ3) is 4.99. The van der Waals surface area contributed by atoms with Crippen molar-refractivity contribution in [2.45, 2.75) is 43.3 Å². The molecule has 7 nitrogen and oxygen atoms in total. The maximum Gasteiger partial charge on any atom is 0.501 e. The van der Waals surface area contributed by atoms with Gasteiger partial charge in [0.1, 0.15) is 5.82 Å².